The van der Waals surface area contributed by atoms with Crippen molar-refractivity contribution in [1.29, 1.82) is 0 Å². The molecule has 186 valence electrons. The first kappa shape index (κ1) is 25.2. The Morgan fingerprint density at radius 2 is 1.76 bits per heavy atom. The van der Waals surface area contributed by atoms with Crippen molar-refractivity contribution >= 4 is 17.3 Å². The van der Waals surface area contributed by atoms with E-state index in [4.69, 9.17) is 16.3 Å². The number of aliphatic hydroxyl groups is 2. The van der Waals surface area contributed by atoms with Gasteiger partial charge in [0.15, 0.2) is 0 Å². The zero-order valence-electron chi connectivity index (χ0n) is 18.6. The Labute approximate surface area is 201 Å². The zero-order chi connectivity index (χ0) is 24.3. The summed E-state index contributed by atoms with van der Waals surface area (Å²) in [6, 6.07) is 12.5. The van der Waals surface area contributed by atoms with Crippen molar-refractivity contribution in [2.24, 2.45) is 0 Å². The molecule has 0 saturated carbocycles. The smallest absolute Gasteiger partial charge is 0.394 e. The van der Waals surface area contributed by atoms with Gasteiger partial charge in [-0.1, -0.05) is 29.8 Å². The van der Waals surface area contributed by atoms with Gasteiger partial charge in [0.2, 0.25) is 0 Å². The van der Waals surface area contributed by atoms with Crippen LogP contribution in [0.15, 0.2) is 48.5 Å². The molecule has 0 aliphatic carbocycles. The van der Waals surface area contributed by atoms with Gasteiger partial charge >= 0.3 is 6.18 Å². The van der Waals surface area contributed by atoms with Crippen molar-refractivity contribution in [2.75, 3.05) is 44.2 Å². The van der Waals surface area contributed by atoms with Crippen LogP contribution in [0.4, 0.5) is 18.9 Å². The van der Waals surface area contributed by atoms with Crippen molar-refractivity contribution in [3.8, 4) is 0 Å². The molecular weight excluding hydrogens is 471 g/mol. The van der Waals surface area contributed by atoms with E-state index in [9.17, 15) is 23.4 Å². The molecule has 2 aliphatic heterocycles. The van der Waals surface area contributed by atoms with Crippen molar-refractivity contribution in [2.45, 2.75) is 37.1 Å². The van der Waals surface area contributed by atoms with Gasteiger partial charge in [-0.2, -0.15) is 13.2 Å². The molecule has 0 radical (unpaired) electrons. The minimum Gasteiger partial charge on any atom is -0.394 e. The minimum atomic E-state index is -4.38. The molecule has 4 rings (SSSR count). The van der Waals surface area contributed by atoms with Crippen LogP contribution in [0.1, 0.15) is 11.1 Å². The summed E-state index contributed by atoms with van der Waals surface area (Å²) in [4.78, 5) is 4.03. The van der Waals surface area contributed by atoms with Gasteiger partial charge in [0.05, 0.1) is 24.3 Å². The van der Waals surface area contributed by atoms with Crippen molar-refractivity contribution in [3.63, 3.8) is 0 Å². The molecule has 10 heteroatoms. The van der Waals surface area contributed by atoms with Gasteiger partial charge in [-0.3, -0.25) is 4.90 Å². The Hall–Kier alpha value is -1.88. The van der Waals surface area contributed by atoms with Crippen LogP contribution >= 0.6 is 11.6 Å². The average molecular weight is 500 g/mol. The number of anilines is 1. The molecule has 0 aromatic heterocycles. The number of halogens is 4. The van der Waals surface area contributed by atoms with E-state index in [1.807, 2.05) is 29.2 Å². The lowest BCUT2D eigenvalue weighted by molar-refractivity contribution is -0.137. The quantitative estimate of drug-likeness (QED) is 0.544. The van der Waals surface area contributed by atoms with E-state index in [1.54, 1.807) is 6.07 Å². The third-order valence-electron chi connectivity index (χ3n) is 6.48. The van der Waals surface area contributed by atoms with Crippen molar-refractivity contribution < 1.29 is 28.1 Å². The van der Waals surface area contributed by atoms with Crippen LogP contribution in [0.2, 0.25) is 5.02 Å². The number of nitrogens with zero attached hydrogens (tertiary/aromatic N) is 2. The molecule has 0 unspecified atom stereocenters. The van der Waals surface area contributed by atoms with Gasteiger partial charge in [-0.25, -0.2) is 0 Å². The fourth-order valence-electron chi connectivity index (χ4n) is 4.76. The summed E-state index contributed by atoms with van der Waals surface area (Å²) in [5, 5.41) is 24.5. The number of nitrogens with one attached hydrogen (secondary N) is 1. The third kappa shape index (κ3) is 5.84. The molecule has 0 bridgehead atoms. The van der Waals surface area contributed by atoms with E-state index < -0.39 is 23.9 Å². The number of piperazine rings is 1. The first-order valence-electron chi connectivity index (χ1n) is 11.3. The normalized spacial score (nSPS) is 26.2. The molecule has 2 aromatic carbocycles. The molecular formula is C24H29ClF3N3O3. The molecule has 2 aromatic rings. The summed E-state index contributed by atoms with van der Waals surface area (Å²) >= 11 is 6.04. The Morgan fingerprint density at radius 3 is 2.44 bits per heavy atom. The molecule has 3 N–H and O–H groups in total. The Morgan fingerprint density at radius 1 is 1.03 bits per heavy atom. The highest BCUT2D eigenvalue weighted by molar-refractivity contribution is 6.30. The summed E-state index contributed by atoms with van der Waals surface area (Å²) in [6.07, 6.45) is -6.26. The molecule has 6 nitrogen and oxygen atoms in total. The van der Waals surface area contributed by atoms with Crippen LogP contribution in [-0.2, 0) is 17.5 Å². The number of ether oxygens (including phenoxy) is 1. The van der Waals surface area contributed by atoms with E-state index in [2.05, 4.69) is 10.2 Å². The number of hydrogen-bond acceptors (Lipinski definition) is 6. The molecule has 4 atom stereocenters. The van der Waals surface area contributed by atoms with E-state index in [-0.39, 0.29) is 18.8 Å². The maximum Gasteiger partial charge on any atom is 0.416 e. The second-order valence-electron chi connectivity index (χ2n) is 8.71. The average Bonchev–Trinajstić information content (AvgIpc) is 3.14. The number of hydrogen-bond donors (Lipinski definition) is 3. The number of alkyl halides is 3. The van der Waals surface area contributed by atoms with E-state index in [1.165, 1.54) is 12.1 Å². The predicted molar refractivity (Wildman–Crippen MR) is 124 cm³/mol. The Balaban J connectivity index is 1.37. The van der Waals surface area contributed by atoms with Crippen LogP contribution in [0.3, 0.4) is 0 Å². The molecule has 2 saturated heterocycles. The summed E-state index contributed by atoms with van der Waals surface area (Å²) in [6.45, 7) is 2.93. The van der Waals surface area contributed by atoms with Gasteiger partial charge in [0.1, 0.15) is 12.2 Å². The summed E-state index contributed by atoms with van der Waals surface area (Å²) < 4.78 is 45.2. The lowest BCUT2D eigenvalue weighted by Crippen LogP contribution is -2.57. The van der Waals surface area contributed by atoms with E-state index >= 15 is 0 Å². The molecule has 2 fully saturated rings. The summed E-state index contributed by atoms with van der Waals surface area (Å²) in [5.74, 6) is 0. The van der Waals surface area contributed by atoms with Crippen LogP contribution in [0.25, 0.3) is 0 Å². The number of benzene rings is 2. The van der Waals surface area contributed by atoms with Gasteiger partial charge in [-0.05, 0) is 35.9 Å². The monoisotopic (exact) mass is 499 g/mol. The molecule has 0 amide bonds. The highest BCUT2D eigenvalue weighted by atomic mass is 35.5. The maximum atomic E-state index is 13.1. The first-order chi connectivity index (χ1) is 16.3. The Kier molecular flexibility index (Phi) is 8.01. The topological polar surface area (TPSA) is 68.2 Å². The summed E-state index contributed by atoms with van der Waals surface area (Å²) in [5.41, 5.74) is 0.894. The molecule has 2 heterocycles. The van der Waals surface area contributed by atoms with Crippen molar-refractivity contribution in [3.05, 3.63) is 64.7 Å². The van der Waals surface area contributed by atoms with Crippen LogP contribution in [-0.4, -0.2) is 78.8 Å². The highest BCUT2D eigenvalue weighted by Gasteiger charge is 2.46. The van der Waals surface area contributed by atoms with Gasteiger partial charge in [0, 0.05) is 50.0 Å². The summed E-state index contributed by atoms with van der Waals surface area (Å²) in [7, 11) is 0. The fraction of sp³-hybridized carbons (Fsp3) is 0.500. The predicted octanol–water partition coefficient (Wildman–Crippen LogP) is 2.76. The lowest BCUT2D eigenvalue weighted by atomic mass is 10.0. The second kappa shape index (κ2) is 10.8. The highest BCUT2D eigenvalue weighted by Crippen LogP contribution is 2.32. The molecule has 34 heavy (non-hydrogen) atoms. The lowest BCUT2D eigenvalue weighted by Gasteiger charge is -2.41. The molecule has 0 spiro atoms. The van der Waals surface area contributed by atoms with Gasteiger partial charge < -0.3 is 25.2 Å². The van der Waals surface area contributed by atoms with E-state index in [0.717, 1.165) is 11.6 Å². The van der Waals surface area contributed by atoms with E-state index in [0.29, 0.717) is 50.0 Å². The first-order valence-corrected chi connectivity index (χ1v) is 11.7. The fourth-order valence-corrected chi connectivity index (χ4v) is 4.97. The molecule has 2 aliphatic rings. The SMILES string of the molecule is OC[C@@H]1O[C@H](CNCc2cccc(Cl)c2)[C@H](N2CCN(c3cccc(C(F)(F)F)c3)CC2)[C@@H]1O. The Bertz CT molecular complexity index is 956. The van der Waals surface area contributed by atoms with Gasteiger partial charge in [0.25, 0.3) is 0 Å². The van der Waals surface area contributed by atoms with Gasteiger partial charge in [-0.15, -0.1) is 0 Å². The standard InChI is InChI=1S/C24H29ClF3N3O3/c25-18-5-1-3-16(11-18)13-29-14-20-22(23(33)21(15-32)34-20)31-9-7-30(8-10-31)19-6-2-4-17(12-19)24(26,27)28/h1-6,11-12,20-23,29,32-33H,7-10,13-15H2/t20-,21+,22+,23-/m1/s1. The van der Waals surface area contributed by atoms with Crippen LogP contribution in [0.5, 0.6) is 0 Å². The second-order valence-corrected chi connectivity index (χ2v) is 9.15. The van der Waals surface area contributed by atoms with Crippen molar-refractivity contribution in [1.82, 2.24) is 10.2 Å². The number of rotatable bonds is 7. The maximum absolute atomic E-state index is 13.1. The zero-order valence-corrected chi connectivity index (χ0v) is 19.3. The minimum absolute atomic E-state index is 0.285. The van der Waals surface area contributed by atoms with Crippen LogP contribution < -0.4 is 10.2 Å². The number of aliphatic hydroxyl groups excluding tert-OH is 2. The third-order valence-corrected chi connectivity index (χ3v) is 6.71. The largest absolute Gasteiger partial charge is 0.416 e. The van der Waals surface area contributed by atoms with Crippen LogP contribution in [0, 0.1) is 0 Å².